The topological polar surface area (TPSA) is 101 Å². The fourth-order valence-corrected chi connectivity index (χ4v) is 7.98. The van der Waals surface area contributed by atoms with Crippen molar-refractivity contribution < 1.29 is 32.7 Å². The molecule has 1 N–H and O–H groups in total. The zero-order valence-corrected chi connectivity index (χ0v) is 28.7. The summed E-state index contributed by atoms with van der Waals surface area (Å²) in [4.78, 5) is 44.8. The van der Waals surface area contributed by atoms with Gasteiger partial charge >= 0.3 is 5.97 Å². The van der Waals surface area contributed by atoms with Crippen molar-refractivity contribution in [1.29, 1.82) is 0 Å². The van der Waals surface area contributed by atoms with Crippen LogP contribution in [0.4, 0.5) is 10.1 Å². The fourth-order valence-electron chi connectivity index (χ4n) is 7.75. The number of amides is 1. The number of esters is 1. The Morgan fingerprint density at radius 3 is 2.48 bits per heavy atom. The maximum absolute atomic E-state index is 15.9. The highest BCUT2D eigenvalue weighted by molar-refractivity contribution is 6.34. The van der Waals surface area contributed by atoms with E-state index >= 15 is 4.39 Å². The lowest BCUT2D eigenvalue weighted by molar-refractivity contribution is -0.267. The largest absolute Gasteiger partial charge is 0.466 e. The molecular weight excluding hydrogens is 637 g/mol. The molecule has 1 unspecified atom stereocenters. The van der Waals surface area contributed by atoms with Crippen LogP contribution in [0.15, 0.2) is 47.1 Å². The Morgan fingerprint density at radius 2 is 1.79 bits per heavy atom. The molecule has 0 spiro atoms. The molecule has 1 saturated carbocycles. The summed E-state index contributed by atoms with van der Waals surface area (Å²) < 4.78 is 33.7. The molecular formula is C37H45ClFN3O6. The molecule has 2 aromatic carbocycles. The fraction of sp³-hybridized carbons (Fsp3) is 0.541. The molecule has 0 radical (unpaired) electrons. The molecule has 0 bridgehead atoms. The van der Waals surface area contributed by atoms with Crippen molar-refractivity contribution >= 4 is 45.9 Å². The van der Waals surface area contributed by atoms with Crippen molar-refractivity contribution in [2.24, 2.45) is 5.92 Å². The van der Waals surface area contributed by atoms with Crippen LogP contribution in [0, 0.1) is 11.7 Å². The molecule has 1 aliphatic carbocycles. The number of benzene rings is 2. The Labute approximate surface area is 286 Å². The number of para-hydroxylation sites is 1. The molecule has 3 heterocycles. The zero-order chi connectivity index (χ0) is 34.1. The van der Waals surface area contributed by atoms with Crippen LogP contribution in [0.5, 0.6) is 0 Å². The summed E-state index contributed by atoms with van der Waals surface area (Å²) in [5.74, 6) is -3.13. The number of fused-ring (bicyclic) bond motifs is 1. The Morgan fingerprint density at radius 1 is 1.06 bits per heavy atom. The quantitative estimate of drug-likeness (QED) is 0.210. The van der Waals surface area contributed by atoms with Crippen LogP contribution in [-0.2, 0) is 25.5 Å². The van der Waals surface area contributed by atoms with E-state index in [9.17, 15) is 14.4 Å². The maximum Gasteiger partial charge on any atom is 0.308 e. The first-order valence-electron chi connectivity index (χ1n) is 17.2. The lowest BCUT2D eigenvalue weighted by atomic mass is 9.87. The number of rotatable bonds is 11. The first-order valence-corrected chi connectivity index (χ1v) is 17.6. The Kier molecular flexibility index (Phi) is 10.3. The van der Waals surface area contributed by atoms with E-state index in [4.69, 9.17) is 25.5 Å². The molecule has 1 atom stereocenters. The summed E-state index contributed by atoms with van der Waals surface area (Å²) in [6.45, 7) is 8.48. The monoisotopic (exact) mass is 681 g/mol. The van der Waals surface area contributed by atoms with E-state index in [2.05, 4.69) is 29.0 Å². The predicted octanol–water partition coefficient (Wildman–Crippen LogP) is 7.35. The first kappa shape index (κ1) is 34.5. The van der Waals surface area contributed by atoms with Gasteiger partial charge < -0.3 is 19.2 Å². The second-order valence-electron chi connectivity index (χ2n) is 13.8. The number of ketones is 1. The van der Waals surface area contributed by atoms with Crippen LogP contribution in [0.3, 0.4) is 0 Å². The molecule has 3 aromatic rings. The van der Waals surface area contributed by atoms with E-state index in [1.165, 1.54) is 18.4 Å². The van der Waals surface area contributed by atoms with E-state index in [-0.39, 0.29) is 52.0 Å². The van der Waals surface area contributed by atoms with E-state index in [0.717, 1.165) is 25.7 Å². The molecule has 9 nitrogen and oxygen atoms in total. The summed E-state index contributed by atoms with van der Waals surface area (Å²) in [6.07, 6.45) is 7.05. The molecule has 3 aliphatic rings. The molecule has 48 heavy (non-hydrogen) atoms. The number of ether oxygens (including phenoxy) is 2. The Hall–Kier alpha value is -3.31. The average Bonchev–Trinajstić information content (AvgIpc) is 3.83. The van der Waals surface area contributed by atoms with Gasteiger partial charge in [-0.2, -0.15) is 0 Å². The van der Waals surface area contributed by atoms with Crippen LogP contribution < -0.4 is 5.32 Å². The van der Waals surface area contributed by atoms with Crippen molar-refractivity contribution in [2.45, 2.75) is 96.1 Å². The number of hydrogen-bond donors (Lipinski definition) is 1. The van der Waals surface area contributed by atoms with Crippen LogP contribution in [0.2, 0.25) is 5.02 Å². The first-order chi connectivity index (χ1) is 23.0. The van der Waals surface area contributed by atoms with Crippen LogP contribution in [0.1, 0.15) is 88.1 Å². The molecule has 2 saturated heterocycles. The standard InChI is InChI=1S/C37H45ClFN3O6/c1-4-46-35(45)24-12-14-26(15-13-24)48-37(41-17-7-8-18-41,42-19-9-16-36(42,2)3)33(43)21-25-20-29(38)31(22-30(25)39)40-34(44)28-23-47-32-11-6-5-10-27(28)32/h5-6,10-11,20,22-24,26H,4,7-9,12-19,21H2,1-3H3,(H,40,44). The minimum atomic E-state index is -1.40. The number of likely N-dealkylation sites (tertiary alicyclic amines) is 2. The number of carbonyl (C=O) groups excluding carboxylic acids is 3. The average molecular weight is 682 g/mol. The second-order valence-corrected chi connectivity index (χ2v) is 14.2. The van der Waals surface area contributed by atoms with Crippen LogP contribution in [-0.4, -0.2) is 71.2 Å². The van der Waals surface area contributed by atoms with Gasteiger partial charge in [-0.05, 0) is 95.9 Å². The van der Waals surface area contributed by atoms with E-state index < -0.39 is 17.6 Å². The van der Waals surface area contributed by atoms with Gasteiger partial charge in [0.05, 0.1) is 34.9 Å². The van der Waals surface area contributed by atoms with Gasteiger partial charge in [0.15, 0.2) is 5.78 Å². The third kappa shape index (κ3) is 6.77. The molecule has 1 aromatic heterocycles. The van der Waals surface area contributed by atoms with Gasteiger partial charge in [-0.15, -0.1) is 0 Å². The van der Waals surface area contributed by atoms with Gasteiger partial charge in [-0.1, -0.05) is 29.8 Å². The second kappa shape index (κ2) is 14.3. The predicted molar refractivity (Wildman–Crippen MR) is 181 cm³/mol. The SMILES string of the molecule is CCOC(=O)C1CCC(OC(C(=O)Cc2cc(Cl)c(NC(=O)c3coc4ccccc34)cc2F)(N2CCCC2)N2CCCC2(C)C)CC1. The van der Waals surface area contributed by atoms with Gasteiger partial charge in [0, 0.05) is 37.0 Å². The van der Waals surface area contributed by atoms with Crippen molar-refractivity contribution in [3.8, 4) is 0 Å². The third-order valence-corrected chi connectivity index (χ3v) is 10.6. The number of anilines is 1. The summed E-state index contributed by atoms with van der Waals surface area (Å²) >= 11 is 6.63. The minimum absolute atomic E-state index is 0.0988. The van der Waals surface area contributed by atoms with E-state index in [0.29, 0.717) is 68.5 Å². The van der Waals surface area contributed by atoms with Gasteiger partial charge in [-0.25, -0.2) is 4.39 Å². The highest BCUT2D eigenvalue weighted by atomic mass is 35.5. The van der Waals surface area contributed by atoms with Gasteiger partial charge in [0.25, 0.3) is 5.91 Å². The highest BCUT2D eigenvalue weighted by Crippen LogP contribution is 2.43. The maximum atomic E-state index is 15.9. The smallest absolute Gasteiger partial charge is 0.308 e. The Bertz CT molecular complexity index is 1660. The molecule has 2 aliphatic heterocycles. The number of hydrogen-bond acceptors (Lipinski definition) is 8. The van der Waals surface area contributed by atoms with Crippen molar-refractivity contribution in [1.82, 2.24) is 9.80 Å². The summed E-state index contributed by atoms with van der Waals surface area (Å²) in [7, 11) is 0. The molecule has 1 amide bonds. The minimum Gasteiger partial charge on any atom is -0.466 e. The summed E-state index contributed by atoms with van der Waals surface area (Å²) in [5.41, 5.74) is 0.764. The lowest BCUT2D eigenvalue weighted by Gasteiger charge is -2.52. The zero-order valence-electron chi connectivity index (χ0n) is 28.0. The van der Waals surface area contributed by atoms with E-state index in [1.807, 2.05) is 13.0 Å². The molecule has 258 valence electrons. The van der Waals surface area contributed by atoms with Crippen molar-refractivity contribution in [3.05, 3.63) is 64.6 Å². The molecule has 3 fully saturated rings. The van der Waals surface area contributed by atoms with Gasteiger partial charge in [0.2, 0.25) is 5.85 Å². The third-order valence-electron chi connectivity index (χ3n) is 10.3. The highest BCUT2D eigenvalue weighted by Gasteiger charge is 2.57. The Balaban J connectivity index is 1.27. The van der Waals surface area contributed by atoms with Crippen LogP contribution >= 0.6 is 11.6 Å². The number of carbonyl (C=O) groups is 3. The number of halogens is 2. The molecule has 11 heteroatoms. The molecule has 6 rings (SSSR count). The van der Waals surface area contributed by atoms with Gasteiger partial charge in [0.1, 0.15) is 17.7 Å². The van der Waals surface area contributed by atoms with E-state index in [1.54, 1.807) is 18.2 Å². The van der Waals surface area contributed by atoms with Crippen molar-refractivity contribution in [2.75, 3.05) is 31.6 Å². The lowest BCUT2D eigenvalue weighted by Crippen LogP contribution is -2.70. The van der Waals surface area contributed by atoms with Crippen molar-refractivity contribution in [3.63, 3.8) is 0 Å². The normalized spacial score (nSPS) is 22.9. The number of furan rings is 1. The summed E-state index contributed by atoms with van der Waals surface area (Å²) in [6, 6.07) is 9.73. The summed E-state index contributed by atoms with van der Waals surface area (Å²) in [5, 5.41) is 3.45. The number of Topliss-reactive ketones (excluding diaryl/α,β-unsaturated/α-hetero) is 1. The number of nitrogens with zero attached hydrogens (tertiary/aromatic N) is 2. The van der Waals surface area contributed by atoms with Gasteiger partial charge in [-0.3, -0.25) is 24.2 Å². The van der Waals surface area contributed by atoms with Crippen LogP contribution in [0.25, 0.3) is 11.0 Å². The number of nitrogens with one attached hydrogen (secondary N) is 1.